The van der Waals surface area contributed by atoms with Gasteiger partial charge in [-0.15, -0.1) is 0 Å². The number of rotatable bonds is 6. The molecule has 2 N–H and O–H groups in total. The average Bonchev–Trinajstić information content (AvgIpc) is 2.40. The van der Waals surface area contributed by atoms with Gasteiger partial charge in [-0.05, 0) is 19.4 Å². The van der Waals surface area contributed by atoms with Crippen LogP contribution >= 0.6 is 11.6 Å². The number of carbonyl (C=O) groups excluding carboxylic acids is 2. The molecule has 0 aromatic heterocycles. The average molecular weight is 313 g/mol. The van der Waals surface area contributed by atoms with E-state index in [1.807, 2.05) is 6.92 Å². The highest BCUT2D eigenvalue weighted by Crippen LogP contribution is 2.31. The topological polar surface area (TPSA) is 67.4 Å². The zero-order valence-electron chi connectivity index (χ0n) is 12.7. The Labute approximate surface area is 130 Å². The Morgan fingerprint density at radius 2 is 2.05 bits per heavy atom. The molecule has 0 aliphatic carbocycles. The lowest BCUT2D eigenvalue weighted by molar-refractivity contribution is -0.114. The standard InChI is InChI=1S/C15H21ClN2O3/c1-5-6-9(2)17-15(20)11-7-12(16)13(18-10(3)19)8-14(11)21-4/h7-9H,5-6H2,1-4H3,(H,17,20)(H,18,19)/t9-/m0/s1. The van der Waals surface area contributed by atoms with Gasteiger partial charge in [0, 0.05) is 19.0 Å². The van der Waals surface area contributed by atoms with Crippen LogP contribution in [-0.2, 0) is 4.79 Å². The van der Waals surface area contributed by atoms with Crippen LogP contribution in [0.1, 0.15) is 44.0 Å². The summed E-state index contributed by atoms with van der Waals surface area (Å²) in [6.45, 7) is 5.39. The van der Waals surface area contributed by atoms with Gasteiger partial charge in [-0.2, -0.15) is 0 Å². The first-order valence-electron chi connectivity index (χ1n) is 6.85. The minimum absolute atomic E-state index is 0.0704. The van der Waals surface area contributed by atoms with Gasteiger partial charge < -0.3 is 15.4 Å². The third-order valence-corrected chi connectivity index (χ3v) is 3.26. The van der Waals surface area contributed by atoms with Crippen molar-refractivity contribution < 1.29 is 14.3 Å². The quantitative estimate of drug-likeness (QED) is 0.847. The molecule has 116 valence electrons. The number of hydrogen-bond acceptors (Lipinski definition) is 3. The number of carbonyl (C=O) groups is 2. The Kier molecular flexibility index (Phi) is 6.49. The van der Waals surface area contributed by atoms with E-state index in [0.29, 0.717) is 22.0 Å². The number of anilines is 1. The van der Waals surface area contributed by atoms with Crippen molar-refractivity contribution in [3.63, 3.8) is 0 Å². The van der Waals surface area contributed by atoms with Crippen LogP contribution in [0.2, 0.25) is 5.02 Å². The smallest absolute Gasteiger partial charge is 0.255 e. The molecule has 0 saturated heterocycles. The van der Waals surface area contributed by atoms with E-state index < -0.39 is 0 Å². The summed E-state index contributed by atoms with van der Waals surface area (Å²) in [5.74, 6) is -0.124. The Morgan fingerprint density at radius 1 is 1.38 bits per heavy atom. The predicted octanol–water partition coefficient (Wildman–Crippen LogP) is 3.23. The number of nitrogens with one attached hydrogen (secondary N) is 2. The number of halogens is 1. The molecule has 0 radical (unpaired) electrons. The van der Waals surface area contributed by atoms with Crippen LogP contribution in [0.15, 0.2) is 12.1 Å². The third-order valence-electron chi connectivity index (χ3n) is 2.94. The molecule has 0 heterocycles. The molecule has 0 aliphatic heterocycles. The maximum atomic E-state index is 12.3. The van der Waals surface area contributed by atoms with Gasteiger partial charge in [-0.25, -0.2) is 0 Å². The molecule has 21 heavy (non-hydrogen) atoms. The molecule has 1 aromatic rings. The Bertz CT molecular complexity index is 532. The van der Waals surface area contributed by atoms with Gasteiger partial charge in [0.25, 0.3) is 5.91 Å². The summed E-state index contributed by atoms with van der Waals surface area (Å²) in [7, 11) is 1.47. The Balaban J connectivity index is 3.04. The van der Waals surface area contributed by atoms with E-state index in [1.165, 1.54) is 20.1 Å². The van der Waals surface area contributed by atoms with Gasteiger partial charge in [0.15, 0.2) is 0 Å². The molecule has 0 unspecified atom stereocenters. The molecule has 6 heteroatoms. The Hall–Kier alpha value is -1.75. The highest BCUT2D eigenvalue weighted by molar-refractivity contribution is 6.34. The van der Waals surface area contributed by atoms with Crippen molar-refractivity contribution in [2.24, 2.45) is 0 Å². The van der Waals surface area contributed by atoms with E-state index in [-0.39, 0.29) is 17.9 Å². The van der Waals surface area contributed by atoms with Crippen LogP contribution in [-0.4, -0.2) is 25.0 Å². The fourth-order valence-corrected chi connectivity index (χ4v) is 2.20. The van der Waals surface area contributed by atoms with E-state index >= 15 is 0 Å². The van der Waals surface area contributed by atoms with Crippen LogP contribution in [0.3, 0.4) is 0 Å². The van der Waals surface area contributed by atoms with Crippen LogP contribution in [0.5, 0.6) is 5.75 Å². The van der Waals surface area contributed by atoms with Crippen LogP contribution in [0, 0.1) is 0 Å². The lowest BCUT2D eigenvalue weighted by Gasteiger charge is -2.16. The van der Waals surface area contributed by atoms with Crippen molar-refractivity contribution in [2.75, 3.05) is 12.4 Å². The molecule has 1 rings (SSSR count). The number of benzene rings is 1. The summed E-state index contributed by atoms with van der Waals surface area (Å²) in [6, 6.07) is 3.11. The van der Waals surface area contributed by atoms with Crippen LogP contribution in [0.4, 0.5) is 5.69 Å². The molecule has 2 amide bonds. The molecule has 1 atom stereocenters. The minimum atomic E-state index is -0.246. The maximum absolute atomic E-state index is 12.3. The number of amides is 2. The first-order chi connectivity index (χ1) is 9.88. The lowest BCUT2D eigenvalue weighted by atomic mass is 10.1. The largest absolute Gasteiger partial charge is 0.496 e. The number of hydrogen-bond donors (Lipinski definition) is 2. The summed E-state index contributed by atoms with van der Waals surface area (Å²) in [5.41, 5.74) is 0.763. The minimum Gasteiger partial charge on any atom is -0.496 e. The normalized spacial score (nSPS) is 11.7. The van der Waals surface area contributed by atoms with Gasteiger partial charge >= 0.3 is 0 Å². The van der Waals surface area contributed by atoms with Gasteiger partial charge in [-0.3, -0.25) is 9.59 Å². The molecular weight excluding hydrogens is 292 g/mol. The summed E-state index contributed by atoms with van der Waals surface area (Å²) < 4.78 is 5.21. The second kappa shape index (κ2) is 7.88. The van der Waals surface area contributed by atoms with E-state index in [0.717, 1.165) is 12.8 Å². The molecule has 1 aromatic carbocycles. The second-order valence-electron chi connectivity index (χ2n) is 4.88. The summed E-state index contributed by atoms with van der Waals surface area (Å²) >= 11 is 6.09. The van der Waals surface area contributed by atoms with Gasteiger partial charge in [0.05, 0.1) is 23.4 Å². The zero-order chi connectivity index (χ0) is 16.0. The van der Waals surface area contributed by atoms with Gasteiger partial charge in [-0.1, -0.05) is 24.9 Å². The zero-order valence-corrected chi connectivity index (χ0v) is 13.5. The third kappa shape index (κ3) is 4.93. The van der Waals surface area contributed by atoms with E-state index in [4.69, 9.17) is 16.3 Å². The van der Waals surface area contributed by atoms with E-state index in [2.05, 4.69) is 17.6 Å². The first-order valence-corrected chi connectivity index (χ1v) is 7.22. The molecule has 0 bridgehead atoms. The van der Waals surface area contributed by atoms with Crippen molar-refractivity contribution in [1.29, 1.82) is 0 Å². The first kappa shape index (κ1) is 17.3. The SMILES string of the molecule is CCC[C@H](C)NC(=O)c1cc(Cl)c(NC(C)=O)cc1OC. The molecule has 0 saturated carbocycles. The van der Waals surface area contributed by atoms with E-state index in [1.54, 1.807) is 6.07 Å². The van der Waals surface area contributed by atoms with Crippen LogP contribution in [0.25, 0.3) is 0 Å². The molecular formula is C15H21ClN2O3. The fourth-order valence-electron chi connectivity index (χ4n) is 1.99. The predicted molar refractivity (Wildman–Crippen MR) is 84.1 cm³/mol. The molecule has 5 nitrogen and oxygen atoms in total. The van der Waals surface area contributed by atoms with E-state index in [9.17, 15) is 9.59 Å². The second-order valence-corrected chi connectivity index (χ2v) is 5.28. The van der Waals surface area contributed by atoms with Gasteiger partial charge in [0.1, 0.15) is 5.75 Å². The summed E-state index contributed by atoms with van der Waals surface area (Å²) in [6.07, 6.45) is 1.88. The highest BCUT2D eigenvalue weighted by Gasteiger charge is 2.17. The summed E-state index contributed by atoms with van der Waals surface area (Å²) in [5, 5.41) is 5.78. The van der Waals surface area contributed by atoms with Crippen molar-refractivity contribution >= 4 is 29.1 Å². The van der Waals surface area contributed by atoms with Crippen molar-refractivity contribution in [1.82, 2.24) is 5.32 Å². The van der Waals surface area contributed by atoms with Gasteiger partial charge in [0.2, 0.25) is 5.91 Å². The molecule has 0 aliphatic rings. The lowest BCUT2D eigenvalue weighted by Crippen LogP contribution is -2.32. The van der Waals surface area contributed by atoms with Crippen LogP contribution < -0.4 is 15.4 Å². The highest BCUT2D eigenvalue weighted by atomic mass is 35.5. The monoisotopic (exact) mass is 312 g/mol. The molecule has 0 spiro atoms. The fraction of sp³-hybridized carbons (Fsp3) is 0.467. The van der Waals surface area contributed by atoms with Crippen molar-refractivity contribution in [3.8, 4) is 5.75 Å². The van der Waals surface area contributed by atoms with Crippen molar-refractivity contribution in [2.45, 2.75) is 39.7 Å². The Morgan fingerprint density at radius 3 is 2.57 bits per heavy atom. The summed E-state index contributed by atoms with van der Waals surface area (Å²) in [4.78, 5) is 23.4. The van der Waals surface area contributed by atoms with Crippen molar-refractivity contribution in [3.05, 3.63) is 22.7 Å². The maximum Gasteiger partial charge on any atom is 0.255 e. The number of methoxy groups -OCH3 is 1. The molecule has 0 fully saturated rings. The number of ether oxygens (including phenoxy) is 1.